The van der Waals surface area contributed by atoms with Crippen molar-refractivity contribution in [2.45, 2.75) is 0 Å². The molecular formula is C14H18Cl2N4O2. The van der Waals surface area contributed by atoms with E-state index in [-0.39, 0.29) is 15.7 Å². The molecule has 0 aliphatic carbocycles. The molecular weight excluding hydrogens is 327 g/mol. The Morgan fingerprint density at radius 1 is 1.14 bits per heavy atom. The van der Waals surface area contributed by atoms with E-state index in [4.69, 9.17) is 23.2 Å². The minimum Gasteiger partial charge on any atom is -0.347 e. The lowest BCUT2D eigenvalue weighted by atomic mass is 10.3. The normalized spacial score (nSPS) is 15.4. The molecule has 1 aliphatic rings. The smallest absolute Gasteiger partial charge is 0.313 e. The lowest BCUT2D eigenvalue weighted by molar-refractivity contribution is -0.136. The third-order valence-electron chi connectivity index (χ3n) is 3.33. The molecule has 0 aromatic heterocycles. The first-order valence-electron chi connectivity index (χ1n) is 7.04. The Bertz CT molecular complexity index is 527. The van der Waals surface area contributed by atoms with Crippen molar-refractivity contribution in [3.8, 4) is 0 Å². The molecule has 22 heavy (non-hydrogen) atoms. The minimum atomic E-state index is -0.782. The van der Waals surface area contributed by atoms with Crippen LogP contribution < -0.4 is 16.0 Å². The molecule has 0 saturated carbocycles. The maximum atomic E-state index is 11.8. The van der Waals surface area contributed by atoms with Crippen molar-refractivity contribution in [1.82, 2.24) is 15.5 Å². The van der Waals surface area contributed by atoms with Crippen LogP contribution in [-0.4, -0.2) is 56.0 Å². The molecule has 2 amide bonds. The van der Waals surface area contributed by atoms with Gasteiger partial charge in [-0.25, -0.2) is 0 Å². The first-order chi connectivity index (χ1) is 10.6. The van der Waals surface area contributed by atoms with Gasteiger partial charge in [0.05, 0.1) is 15.7 Å². The Kier molecular flexibility index (Phi) is 6.45. The van der Waals surface area contributed by atoms with Gasteiger partial charge < -0.3 is 16.0 Å². The van der Waals surface area contributed by atoms with Crippen molar-refractivity contribution < 1.29 is 9.59 Å². The second kappa shape index (κ2) is 8.33. The van der Waals surface area contributed by atoms with E-state index in [9.17, 15) is 9.59 Å². The lowest BCUT2D eigenvalue weighted by Gasteiger charge is -2.26. The predicted octanol–water partition coefficient (Wildman–Crippen LogP) is 0.953. The highest BCUT2D eigenvalue weighted by Gasteiger charge is 2.17. The maximum Gasteiger partial charge on any atom is 0.313 e. The third kappa shape index (κ3) is 4.84. The zero-order valence-electron chi connectivity index (χ0n) is 12.0. The number of hydrogen-bond donors (Lipinski definition) is 3. The number of piperazine rings is 1. The van der Waals surface area contributed by atoms with Gasteiger partial charge in [-0.3, -0.25) is 14.5 Å². The van der Waals surface area contributed by atoms with Gasteiger partial charge in [-0.1, -0.05) is 29.3 Å². The van der Waals surface area contributed by atoms with E-state index in [1.54, 1.807) is 18.2 Å². The first-order valence-corrected chi connectivity index (χ1v) is 7.80. The topological polar surface area (TPSA) is 73.5 Å². The summed E-state index contributed by atoms with van der Waals surface area (Å²) in [6.45, 7) is 4.91. The van der Waals surface area contributed by atoms with E-state index >= 15 is 0 Å². The number of carbonyl (C=O) groups is 2. The summed E-state index contributed by atoms with van der Waals surface area (Å²) >= 11 is 11.9. The van der Waals surface area contributed by atoms with Crippen molar-refractivity contribution in [2.24, 2.45) is 0 Å². The number of hydrogen-bond acceptors (Lipinski definition) is 4. The highest BCUT2D eigenvalue weighted by Crippen LogP contribution is 2.29. The number of nitrogens with zero attached hydrogens (tertiary/aromatic N) is 1. The van der Waals surface area contributed by atoms with Crippen LogP contribution in [0.5, 0.6) is 0 Å². The molecule has 120 valence electrons. The number of halogens is 2. The van der Waals surface area contributed by atoms with Crippen LogP contribution >= 0.6 is 23.2 Å². The molecule has 1 aliphatic heterocycles. The fourth-order valence-corrected chi connectivity index (χ4v) is 2.62. The van der Waals surface area contributed by atoms with Crippen molar-refractivity contribution in [3.05, 3.63) is 28.2 Å². The van der Waals surface area contributed by atoms with Gasteiger partial charge >= 0.3 is 11.8 Å². The first kappa shape index (κ1) is 17.0. The summed E-state index contributed by atoms with van der Waals surface area (Å²) < 4.78 is 0. The van der Waals surface area contributed by atoms with Gasteiger partial charge in [0.15, 0.2) is 0 Å². The third-order valence-corrected chi connectivity index (χ3v) is 3.96. The summed E-state index contributed by atoms with van der Waals surface area (Å²) in [4.78, 5) is 25.8. The molecule has 2 rings (SSSR count). The van der Waals surface area contributed by atoms with Crippen molar-refractivity contribution in [2.75, 3.05) is 44.6 Å². The highest BCUT2D eigenvalue weighted by molar-refractivity contribution is 6.44. The molecule has 8 heteroatoms. The molecule has 0 radical (unpaired) electrons. The molecule has 1 aromatic carbocycles. The monoisotopic (exact) mass is 344 g/mol. The Morgan fingerprint density at radius 3 is 2.41 bits per heavy atom. The van der Waals surface area contributed by atoms with Crippen molar-refractivity contribution in [3.63, 3.8) is 0 Å². The van der Waals surface area contributed by atoms with Gasteiger partial charge in [-0.15, -0.1) is 0 Å². The van der Waals surface area contributed by atoms with Crippen LogP contribution in [0.25, 0.3) is 0 Å². The van der Waals surface area contributed by atoms with E-state index in [1.807, 2.05) is 0 Å². The van der Waals surface area contributed by atoms with Crippen LogP contribution in [0.15, 0.2) is 18.2 Å². The van der Waals surface area contributed by atoms with Crippen LogP contribution in [0.1, 0.15) is 0 Å². The molecule has 1 aromatic rings. The summed E-state index contributed by atoms with van der Waals surface area (Å²) in [6.07, 6.45) is 0. The van der Waals surface area contributed by atoms with Gasteiger partial charge in [0.1, 0.15) is 0 Å². The lowest BCUT2D eigenvalue weighted by Crippen LogP contribution is -2.47. The molecule has 1 saturated heterocycles. The van der Waals surface area contributed by atoms with E-state index in [1.165, 1.54) is 0 Å². The van der Waals surface area contributed by atoms with Gasteiger partial charge in [0, 0.05) is 39.3 Å². The van der Waals surface area contributed by atoms with Gasteiger partial charge in [0.2, 0.25) is 0 Å². The van der Waals surface area contributed by atoms with Crippen LogP contribution in [0.2, 0.25) is 10.0 Å². The SMILES string of the molecule is O=C(NCCN1CCNCC1)C(=O)Nc1c(Cl)cccc1Cl. The average Bonchev–Trinajstić information content (AvgIpc) is 2.52. The fraction of sp³-hybridized carbons (Fsp3) is 0.429. The van der Waals surface area contributed by atoms with Gasteiger partial charge in [-0.05, 0) is 12.1 Å². The Labute approximate surface area is 139 Å². The van der Waals surface area contributed by atoms with Gasteiger partial charge in [-0.2, -0.15) is 0 Å². The molecule has 0 bridgehead atoms. The van der Waals surface area contributed by atoms with E-state index in [2.05, 4.69) is 20.9 Å². The predicted molar refractivity (Wildman–Crippen MR) is 87.4 cm³/mol. The molecule has 6 nitrogen and oxygen atoms in total. The quantitative estimate of drug-likeness (QED) is 0.711. The summed E-state index contributed by atoms with van der Waals surface area (Å²) in [5.74, 6) is -1.48. The van der Waals surface area contributed by atoms with Crippen LogP contribution in [-0.2, 0) is 9.59 Å². The summed E-state index contributed by atoms with van der Waals surface area (Å²) in [7, 11) is 0. The average molecular weight is 345 g/mol. The maximum absolute atomic E-state index is 11.8. The fourth-order valence-electron chi connectivity index (χ4n) is 2.13. The second-order valence-corrected chi connectivity index (χ2v) is 5.71. The molecule has 0 unspecified atom stereocenters. The highest BCUT2D eigenvalue weighted by atomic mass is 35.5. The second-order valence-electron chi connectivity index (χ2n) is 4.90. The number of nitrogens with one attached hydrogen (secondary N) is 3. The van der Waals surface area contributed by atoms with E-state index < -0.39 is 11.8 Å². The van der Waals surface area contributed by atoms with Crippen molar-refractivity contribution >= 4 is 40.7 Å². The molecule has 3 N–H and O–H groups in total. The molecule has 0 spiro atoms. The standard InChI is InChI=1S/C14H18Cl2N4O2/c15-10-2-1-3-11(16)12(10)19-14(22)13(21)18-6-9-20-7-4-17-5-8-20/h1-3,17H,4-9H2,(H,18,21)(H,19,22). The summed E-state index contributed by atoms with van der Waals surface area (Å²) in [6, 6.07) is 4.84. The summed E-state index contributed by atoms with van der Waals surface area (Å²) in [5.41, 5.74) is 0.244. The van der Waals surface area contributed by atoms with Crippen LogP contribution in [0.3, 0.4) is 0 Å². The van der Waals surface area contributed by atoms with Crippen LogP contribution in [0.4, 0.5) is 5.69 Å². The van der Waals surface area contributed by atoms with Gasteiger partial charge in [0.25, 0.3) is 0 Å². The Hall–Kier alpha value is -1.34. The van der Waals surface area contributed by atoms with E-state index in [0.717, 1.165) is 26.2 Å². The number of benzene rings is 1. The number of amides is 2. The zero-order chi connectivity index (χ0) is 15.9. The molecule has 0 atom stereocenters. The zero-order valence-corrected chi connectivity index (χ0v) is 13.5. The van der Waals surface area contributed by atoms with Crippen LogP contribution in [0, 0.1) is 0 Å². The minimum absolute atomic E-state index is 0.244. The number of carbonyl (C=O) groups excluding carboxylic acids is 2. The Morgan fingerprint density at radius 2 is 1.77 bits per heavy atom. The number of para-hydroxylation sites is 1. The molecule has 1 heterocycles. The molecule has 1 fully saturated rings. The number of rotatable bonds is 4. The largest absolute Gasteiger partial charge is 0.347 e. The summed E-state index contributed by atoms with van der Waals surface area (Å²) in [5, 5.41) is 8.84. The van der Waals surface area contributed by atoms with Crippen molar-refractivity contribution in [1.29, 1.82) is 0 Å². The van der Waals surface area contributed by atoms with E-state index in [0.29, 0.717) is 13.1 Å². The Balaban J connectivity index is 1.78. The number of anilines is 1.